The summed E-state index contributed by atoms with van der Waals surface area (Å²) in [6, 6.07) is 71.9. The van der Waals surface area contributed by atoms with Crippen LogP contribution in [-0.2, 0) is 0 Å². The van der Waals surface area contributed by atoms with Gasteiger partial charge in [-0.05, 0) is 122 Å². The van der Waals surface area contributed by atoms with Gasteiger partial charge in [-0.25, -0.2) is 0 Å². The molecule has 2 nitrogen and oxygen atoms in total. The van der Waals surface area contributed by atoms with Gasteiger partial charge in [0.1, 0.15) is 11.2 Å². The van der Waals surface area contributed by atoms with Gasteiger partial charge in [-0.15, -0.1) is 0 Å². The van der Waals surface area contributed by atoms with Crippen molar-refractivity contribution in [2.75, 3.05) is 4.90 Å². The summed E-state index contributed by atoms with van der Waals surface area (Å²) in [7, 11) is 0. The number of nitrogens with zero attached hydrogens (tertiary/aromatic N) is 1. The molecule has 1 aromatic heterocycles. The van der Waals surface area contributed by atoms with E-state index in [1.165, 1.54) is 54.9 Å². The zero-order valence-electron chi connectivity index (χ0n) is 28.4. The maximum atomic E-state index is 6.23. The van der Waals surface area contributed by atoms with E-state index in [9.17, 15) is 0 Å². The van der Waals surface area contributed by atoms with Crippen molar-refractivity contribution in [2.24, 2.45) is 0 Å². The molecule has 0 amide bonds. The van der Waals surface area contributed by atoms with Crippen molar-refractivity contribution >= 4 is 60.5 Å². The van der Waals surface area contributed by atoms with Gasteiger partial charge >= 0.3 is 0 Å². The van der Waals surface area contributed by atoms with Crippen LogP contribution in [-0.4, -0.2) is 0 Å². The second-order valence-corrected chi connectivity index (χ2v) is 13.4. The summed E-state index contributed by atoms with van der Waals surface area (Å²) in [5, 5.41) is 7.12. The molecule has 0 fully saturated rings. The van der Waals surface area contributed by atoms with E-state index in [1.54, 1.807) is 0 Å². The minimum Gasteiger partial charge on any atom is -0.456 e. The Kier molecular flexibility index (Phi) is 7.18. The fourth-order valence-electron chi connectivity index (χ4n) is 7.56. The largest absolute Gasteiger partial charge is 0.456 e. The molecule has 0 saturated heterocycles. The Labute approximate surface area is 302 Å². The van der Waals surface area contributed by atoms with Gasteiger partial charge in [-0.3, -0.25) is 0 Å². The van der Waals surface area contributed by atoms with Gasteiger partial charge in [0.25, 0.3) is 0 Å². The van der Waals surface area contributed by atoms with Crippen LogP contribution in [0.2, 0.25) is 0 Å². The Morgan fingerprint density at radius 2 is 0.808 bits per heavy atom. The molecule has 2 heteroatoms. The number of furan rings is 1. The first-order valence-corrected chi connectivity index (χ1v) is 17.7. The highest BCUT2D eigenvalue weighted by Crippen LogP contribution is 2.41. The van der Waals surface area contributed by atoms with Crippen molar-refractivity contribution < 1.29 is 4.42 Å². The van der Waals surface area contributed by atoms with Crippen LogP contribution < -0.4 is 4.90 Å². The molecule has 52 heavy (non-hydrogen) atoms. The van der Waals surface area contributed by atoms with Crippen LogP contribution >= 0.6 is 0 Å². The van der Waals surface area contributed by atoms with Crippen molar-refractivity contribution in [3.63, 3.8) is 0 Å². The first-order valence-electron chi connectivity index (χ1n) is 17.7. The molecule has 0 N–H and O–H groups in total. The molecule has 0 spiro atoms. The molecule has 0 aliphatic rings. The molecule has 0 unspecified atom stereocenters. The molecule has 244 valence electrons. The standard InChI is InChI=1S/C50H33NO/c1-2-10-34(11-3-1)40-16-9-17-44(31-40)51(46-26-27-50-48(33-46)47-18-6-7-19-49(47)52-50)45-25-24-36-21-23-42(30-43(36)32-45)39-15-8-14-38(29-39)41-22-20-35-12-4-5-13-37(35)28-41/h1-33H. The summed E-state index contributed by atoms with van der Waals surface area (Å²) in [5.41, 5.74) is 12.2. The lowest BCUT2D eigenvalue weighted by Crippen LogP contribution is -2.10. The number of fused-ring (bicyclic) bond motifs is 5. The van der Waals surface area contributed by atoms with Crippen LogP contribution in [0.25, 0.3) is 76.9 Å². The molecule has 0 atom stereocenters. The fourth-order valence-corrected chi connectivity index (χ4v) is 7.56. The van der Waals surface area contributed by atoms with Crippen LogP contribution in [0.3, 0.4) is 0 Å². The summed E-state index contributed by atoms with van der Waals surface area (Å²) >= 11 is 0. The highest BCUT2D eigenvalue weighted by atomic mass is 16.3. The Bertz CT molecular complexity index is 2920. The zero-order valence-corrected chi connectivity index (χ0v) is 28.4. The molecule has 10 rings (SSSR count). The topological polar surface area (TPSA) is 16.4 Å². The van der Waals surface area contributed by atoms with Crippen LogP contribution in [0.1, 0.15) is 0 Å². The van der Waals surface area contributed by atoms with Gasteiger partial charge in [-0.1, -0.05) is 133 Å². The zero-order chi connectivity index (χ0) is 34.4. The number of benzene rings is 9. The second-order valence-electron chi connectivity index (χ2n) is 13.4. The molecule has 0 aliphatic carbocycles. The number of hydrogen-bond acceptors (Lipinski definition) is 2. The molecule has 0 aliphatic heterocycles. The Morgan fingerprint density at radius 1 is 0.269 bits per heavy atom. The Balaban J connectivity index is 1.10. The van der Waals surface area contributed by atoms with Gasteiger partial charge in [0.05, 0.1) is 0 Å². The lowest BCUT2D eigenvalue weighted by Gasteiger charge is -2.26. The minimum atomic E-state index is 0.886. The second kappa shape index (κ2) is 12.5. The predicted octanol–water partition coefficient (Wildman–Crippen LogP) is 14.4. The minimum absolute atomic E-state index is 0.886. The van der Waals surface area contributed by atoms with Gasteiger partial charge in [-0.2, -0.15) is 0 Å². The third-order valence-electron chi connectivity index (χ3n) is 10.2. The van der Waals surface area contributed by atoms with Crippen molar-refractivity contribution in [3.05, 3.63) is 200 Å². The molecule has 10 aromatic rings. The monoisotopic (exact) mass is 663 g/mol. The average molecular weight is 664 g/mol. The molecule has 1 heterocycles. The Hall–Kier alpha value is -6.90. The first kappa shape index (κ1) is 30.0. The third-order valence-corrected chi connectivity index (χ3v) is 10.2. The fraction of sp³-hybridized carbons (Fsp3) is 0. The molecule has 0 saturated carbocycles. The maximum absolute atomic E-state index is 6.23. The summed E-state index contributed by atoms with van der Waals surface area (Å²) < 4.78 is 6.23. The van der Waals surface area contributed by atoms with Crippen molar-refractivity contribution in [1.82, 2.24) is 0 Å². The smallest absolute Gasteiger partial charge is 0.135 e. The van der Waals surface area contributed by atoms with Gasteiger partial charge < -0.3 is 9.32 Å². The normalized spacial score (nSPS) is 11.5. The van der Waals surface area contributed by atoms with Crippen molar-refractivity contribution in [2.45, 2.75) is 0 Å². The van der Waals surface area contributed by atoms with Crippen LogP contribution in [0.5, 0.6) is 0 Å². The van der Waals surface area contributed by atoms with Crippen LogP contribution in [0.4, 0.5) is 17.1 Å². The summed E-state index contributed by atoms with van der Waals surface area (Å²) in [5.74, 6) is 0. The highest BCUT2D eigenvalue weighted by Gasteiger charge is 2.17. The van der Waals surface area contributed by atoms with E-state index in [4.69, 9.17) is 4.42 Å². The third kappa shape index (κ3) is 5.39. The Morgan fingerprint density at radius 3 is 1.63 bits per heavy atom. The van der Waals surface area contributed by atoms with Crippen molar-refractivity contribution in [1.29, 1.82) is 0 Å². The van der Waals surface area contributed by atoms with Crippen molar-refractivity contribution in [3.8, 4) is 33.4 Å². The van der Waals surface area contributed by atoms with Crippen LogP contribution in [0.15, 0.2) is 205 Å². The van der Waals surface area contributed by atoms with E-state index >= 15 is 0 Å². The summed E-state index contributed by atoms with van der Waals surface area (Å²) in [6.07, 6.45) is 0. The number of rotatable bonds is 6. The first-order chi connectivity index (χ1) is 25.7. The molecule has 9 aromatic carbocycles. The maximum Gasteiger partial charge on any atom is 0.135 e. The lowest BCUT2D eigenvalue weighted by molar-refractivity contribution is 0.669. The number of anilines is 3. The SMILES string of the molecule is c1ccc(-c2cccc(N(c3ccc4ccc(-c5cccc(-c6ccc7ccccc7c6)c5)cc4c3)c3ccc4oc5ccccc5c4c3)c2)cc1. The average Bonchev–Trinajstić information content (AvgIpc) is 3.59. The molecule has 0 radical (unpaired) electrons. The van der Waals surface area contributed by atoms with E-state index in [1.807, 2.05) is 12.1 Å². The quantitative estimate of drug-likeness (QED) is 0.176. The number of para-hydroxylation sites is 1. The van der Waals surface area contributed by atoms with E-state index in [0.717, 1.165) is 39.0 Å². The highest BCUT2D eigenvalue weighted by molar-refractivity contribution is 6.07. The predicted molar refractivity (Wildman–Crippen MR) is 220 cm³/mol. The van der Waals surface area contributed by atoms with Gasteiger partial charge in [0, 0.05) is 27.8 Å². The molecular weight excluding hydrogens is 631 g/mol. The molecular formula is C50H33NO. The summed E-state index contributed by atoms with van der Waals surface area (Å²) in [4.78, 5) is 2.36. The van der Waals surface area contributed by atoms with E-state index < -0.39 is 0 Å². The van der Waals surface area contributed by atoms with Gasteiger partial charge in [0.15, 0.2) is 0 Å². The summed E-state index contributed by atoms with van der Waals surface area (Å²) in [6.45, 7) is 0. The number of hydrogen-bond donors (Lipinski definition) is 0. The molecule has 0 bridgehead atoms. The van der Waals surface area contributed by atoms with Crippen LogP contribution in [0, 0.1) is 0 Å². The van der Waals surface area contributed by atoms with E-state index in [-0.39, 0.29) is 0 Å². The van der Waals surface area contributed by atoms with E-state index in [2.05, 4.69) is 193 Å². The van der Waals surface area contributed by atoms with E-state index in [0.29, 0.717) is 0 Å². The van der Waals surface area contributed by atoms with Gasteiger partial charge in [0.2, 0.25) is 0 Å². The lowest BCUT2D eigenvalue weighted by atomic mass is 9.96.